The summed E-state index contributed by atoms with van der Waals surface area (Å²) in [7, 11) is 0. The molecule has 2 aliphatic rings. The van der Waals surface area contributed by atoms with Crippen molar-refractivity contribution in [3.05, 3.63) is 24.3 Å². The average Bonchev–Trinajstić information content (AvgIpc) is 2.58. The summed E-state index contributed by atoms with van der Waals surface area (Å²) in [4.78, 5) is 11.6. The predicted octanol–water partition coefficient (Wildman–Crippen LogP) is 1.20. The monoisotopic (exact) mass is 238 g/mol. The maximum atomic E-state index is 11.6. The minimum Gasteiger partial charge on any atom is -0.455 e. The zero-order valence-electron chi connectivity index (χ0n) is 10.1. The molecule has 4 nitrogen and oxygen atoms in total. The first-order chi connectivity index (χ1) is 8.17. The van der Waals surface area contributed by atoms with Crippen molar-refractivity contribution in [3.8, 4) is 0 Å². The molecule has 0 spiro atoms. The first kappa shape index (κ1) is 12.3. The molecule has 0 aromatic rings. The van der Waals surface area contributed by atoms with Gasteiger partial charge < -0.3 is 14.6 Å². The minimum atomic E-state index is -0.635. The van der Waals surface area contributed by atoms with Crippen molar-refractivity contribution in [2.24, 2.45) is 5.92 Å². The second kappa shape index (κ2) is 5.02. The first-order valence-corrected chi connectivity index (χ1v) is 5.97. The number of aliphatic hydroxyl groups excluding tert-OH is 1. The maximum absolute atomic E-state index is 11.6. The number of allylic oxidation sites excluding steroid dienone is 2. The van der Waals surface area contributed by atoms with Gasteiger partial charge in [0, 0.05) is 0 Å². The molecule has 0 bridgehead atoms. The molecular weight excluding hydrogens is 220 g/mol. The Kier molecular flexibility index (Phi) is 3.64. The molecule has 0 aromatic carbocycles. The number of hydrogen-bond acceptors (Lipinski definition) is 4. The average molecular weight is 238 g/mol. The van der Waals surface area contributed by atoms with E-state index in [2.05, 4.69) is 0 Å². The number of ether oxygens (including phenoxy) is 2. The number of hydrogen-bond donors (Lipinski definition) is 1. The van der Waals surface area contributed by atoms with Crippen LogP contribution >= 0.6 is 0 Å². The summed E-state index contributed by atoms with van der Waals surface area (Å²) in [5.41, 5.74) is 0. The van der Waals surface area contributed by atoms with Crippen molar-refractivity contribution in [2.45, 2.75) is 44.7 Å². The fourth-order valence-electron chi connectivity index (χ4n) is 2.42. The Balaban J connectivity index is 2.16. The lowest BCUT2D eigenvalue weighted by Gasteiger charge is -2.33. The number of carbonyl (C=O) groups is 1. The summed E-state index contributed by atoms with van der Waals surface area (Å²) in [6, 6.07) is 0. The Labute approximate surface area is 101 Å². The van der Waals surface area contributed by atoms with Crippen LogP contribution in [0.1, 0.15) is 20.3 Å². The highest BCUT2D eigenvalue weighted by atomic mass is 16.6. The van der Waals surface area contributed by atoms with E-state index in [4.69, 9.17) is 9.47 Å². The quantitative estimate of drug-likeness (QED) is 0.580. The fraction of sp³-hybridized carbons (Fsp3) is 0.615. The van der Waals surface area contributed by atoms with E-state index in [1.807, 2.05) is 38.2 Å². The van der Waals surface area contributed by atoms with Crippen molar-refractivity contribution in [1.82, 2.24) is 0 Å². The lowest BCUT2D eigenvalue weighted by atomic mass is 9.89. The van der Waals surface area contributed by atoms with Gasteiger partial charge in [0.15, 0.2) is 0 Å². The van der Waals surface area contributed by atoms with E-state index in [1.54, 1.807) is 0 Å². The molecule has 1 N–H and O–H groups in total. The van der Waals surface area contributed by atoms with Crippen LogP contribution in [-0.2, 0) is 14.3 Å². The van der Waals surface area contributed by atoms with Crippen molar-refractivity contribution >= 4 is 5.97 Å². The summed E-state index contributed by atoms with van der Waals surface area (Å²) in [5.74, 6) is -0.608. The van der Waals surface area contributed by atoms with Gasteiger partial charge in [0.05, 0.1) is 12.0 Å². The maximum Gasteiger partial charge on any atom is 0.312 e. The van der Waals surface area contributed by atoms with E-state index in [-0.39, 0.29) is 30.2 Å². The Morgan fingerprint density at radius 2 is 1.88 bits per heavy atom. The molecule has 2 saturated heterocycles. The van der Waals surface area contributed by atoms with E-state index >= 15 is 0 Å². The third kappa shape index (κ3) is 2.28. The highest BCUT2D eigenvalue weighted by molar-refractivity contribution is 5.76. The lowest BCUT2D eigenvalue weighted by Crippen LogP contribution is -2.45. The highest BCUT2D eigenvalue weighted by Crippen LogP contribution is 2.35. The van der Waals surface area contributed by atoms with Gasteiger partial charge in [0.25, 0.3) is 0 Å². The lowest BCUT2D eigenvalue weighted by molar-refractivity contribution is -0.146. The van der Waals surface area contributed by atoms with Crippen LogP contribution in [0.15, 0.2) is 24.3 Å². The van der Waals surface area contributed by atoms with Gasteiger partial charge in [0.1, 0.15) is 18.3 Å². The molecule has 0 aromatic heterocycles. The first-order valence-electron chi connectivity index (χ1n) is 5.97. The van der Waals surface area contributed by atoms with Crippen LogP contribution in [0.4, 0.5) is 0 Å². The molecule has 94 valence electrons. The summed E-state index contributed by atoms with van der Waals surface area (Å²) >= 11 is 0. The van der Waals surface area contributed by atoms with E-state index < -0.39 is 6.10 Å². The van der Waals surface area contributed by atoms with Crippen molar-refractivity contribution < 1.29 is 19.4 Å². The van der Waals surface area contributed by atoms with Crippen LogP contribution in [0.5, 0.6) is 0 Å². The number of fused-ring (bicyclic) bond motifs is 1. The van der Waals surface area contributed by atoms with E-state index in [1.165, 1.54) is 0 Å². The predicted molar refractivity (Wildman–Crippen MR) is 62.3 cm³/mol. The second-order valence-corrected chi connectivity index (χ2v) is 4.43. The number of esters is 1. The van der Waals surface area contributed by atoms with Crippen molar-refractivity contribution in [3.63, 3.8) is 0 Å². The summed E-state index contributed by atoms with van der Waals surface area (Å²) in [6.45, 7) is 3.75. The molecule has 17 heavy (non-hydrogen) atoms. The van der Waals surface area contributed by atoms with E-state index in [0.717, 1.165) is 0 Å². The Bertz CT molecular complexity index is 347. The molecule has 5 atom stereocenters. The third-order valence-corrected chi connectivity index (χ3v) is 3.23. The molecule has 2 heterocycles. The minimum absolute atomic E-state index is 0.268. The Morgan fingerprint density at radius 3 is 2.53 bits per heavy atom. The van der Waals surface area contributed by atoms with Gasteiger partial charge in [-0.15, -0.1) is 0 Å². The van der Waals surface area contributed by atoms with Crippen LogP contribution in [-0.4, -0.2) is 35.5 Å². The fourth-order valence-corrected chi connectivity index (χ4v) is 2.42. The van der Waals surface area contributed by atoms with Crippen molar-refractivity contribution in [1.29, 1.82) is 0 Å². The number of aliphatic hydroxyl groups is 1. The number of carbonyl (C=O) groups excluding carboxylic acids is 1. The molecular formula is C13H18O4. The summed E-state index contributed by atoms with van der Waals surface area (Å²) in [5, 5.41) is 9.88. The van der Waals surface area contributed by atoms with Gasteiger partial charge in [-0.05, 0) is 26.3 Å². The van der Waals surface area contributed by atoms with Gasteiger partial charge in [-0.25, -0.2) is 0 Å². The molecule has 2 fully saturated rings. The van der Waals surface area contributed by atoms with Gasteiger partial charge >= 0.3 is 5.97 Å². The van der Waals surface area contributed by atoms with Gasteiger partial charge in [-0.2, -0.15) is 0 Å². The number of cyclic esters (lactones) is 1. The van der Waals surface area contributed by atoms with Crippen LogP contribution < -0.4 is 0 Å². The normalized spacial score (nSPS) is 42.1. The molecule has 0 saturated carbocycles. The summed E-state index contributed by atoms with van der Waals surface area (Å²) in [6.07, 6.45) is 6.17. The topological polar surface area (TPSA) is 55.8 Å². The molecule has 2 rings (SSSR count). The summed E-state index contributed by atoms with van der Waals surface area (Å²) < 4.78 is 11.0. The van der Waals surface area contributed by atoms with Crippen LogP contribution in [0, 0.1) is 5.92 Å². The number of rotatable bonds is 2. The van der Waals surface area contributed by atoms with E-state index in [0.29, 0.717) is 6.42 Å². The van der Waals surface area contributed by atoms with Crippen LogP contribution in [0.25, 0.3) is 0 Å². The Morgan fingerprint density at radius 1 is 1.24 bits per heavy atom. The van der Waals surface area contributed by atoms with Crippen LogP contribution in [0.2, 0.25) is 0 Å². The van der Waals surface area contributed by atoms with E-state index in [9.17, 15) is 9.90 Å². The smallest absolute Gasteiger partial charge is 0.312 e. The second-order valence-electron chi connectivity index (χ2n) is 4.43. The van der Waals surface area contributed by atoms with Crippen molar-refractivity contribution in [2.75, 3.05) is 0 Å². The zero-order chi connectivity index (χ0) is 12.4. The molecule has 4 heteroatoms. The molecule has 5 unspecified atom stereocenters. The standard InChI is InChI=1S/C13H18O4/c1-3-5-10-9(14)7-8-12(16-10)11(6-4-2)17-13(8)15/h3-6,8-12,14H,7H2,1-2H3. The largest absolute Gasteiger partial charge is 0.455 e. The molecule has 0 radical (unpaired) electrons. The van der Waals surface area contributed by atoms with Gasteiger partial charge in [-0.1, -0.05) is 18.2 Å². The molecule has 0 aliphatic carbocycles. The zero-order valence-corrected chi connectivity index (χ0v) is 10.1. The van der Waals surface area contributed by atoms with Gasteiger partial charge in [-0.3, -0.25) is 4.79 Å². The highest BCUT2D eigenvalue weighted by Gasteiger charge is 2.50. The molecule has 0 amide bonds. The van der Waals surface area contributed by atoms with Gasteiger partial charge in [0.2, 0.25) is 0 Å². The van der Waals surface area contributed by atoms with Crippen LogP contribution in [0.3, 0.4) is 0 Å². The SMILES string of the molecule is CC=CC1OC2C(C=CC)OC(=O)C2CC1O. The Hall–Kier alpha value is -1.13. The third-order valence-electron chi connectivity index (χ3n) is 3.23. The molecule has 2 aliphatic heterocycles.